The summed E-state index contributed by atoms with van der Waals surface area (Å²) in [5.41, 5.74) is 7.41. The van der Waals surface area contributed by atoms with Crippen LogP contribution >= 0.6 is 27.7 Å². The Morgan fingerprint density at radius 3 is 2.56 bits per heavy atom. The maximum absolute atomic E-state index is 10.2. The Morgan fingerprint density at radius 1 is 1.24 bits per heavy atom. The lowest BCUT2D eigenvalue weighted by molar-refractivity contribution is 0.331. The molecule has 2 rings (SSSR count). The van der Waals surface area contributed by atoms with E-state index in [4.69, 9.17) is 15.2 Å². The van der Waals surface area contributed by atoms with E-state index in [0.717, 1.165) is 5.56 Å². The van der Waals surface area contributed by atoms with Crippen LogP contribution in [0.2, 0.25) is 0 Å². The van der Waals surface area contributed by atoms with Gasteiger partial charge < -0.3 is 20.3 Å². The number of methoxy groups -OCH3 is 2. The van der Waals surface area contributed by atoms with Crippen LogP contribution in [-0.4, -0.2) is 30.7 Å². The van der Waals surface area contributed by atoms with E-state index in [2.05, 4.69) is 26.1 Å². The number of hydrogen-bond acceptors (Lipinski definition) is 6. The third-order valence-corrected chi connectivity index (χ3v) is 4.63. The molecule has 0 amide bonds. The first-order valence-corrected chi connectivity index (χ1v) is 9.01. The van der Waals surface area contributed by atoms with E-state index in [0.29, 0.717) is 26.7 Å². The third kappa shape index (κ3) is 5.14. The van der Waals surface area contributed by atoms with Crippen molar-refractivity contribution in [1.29, 1.82) is 0 Å². The molecule has 0 aliphatic carbocycles. The second-order valence-electron chi connectivity index (χ2n) is 4.82. The van der Waals surface area contributed by atoms with E-state index in [-0.39, 0.29) is 11.5 Å². The zero-order valence-corrected chi connectivity index (χ0v) is 16.2. The predicted molar refractivity (Wildman–Crippen MR) is 106 cm³/mol. The summed E-state index contributed by atoms with van der Waals surface area (Å²) in [7, 11) is 2.94. The Balaban J connectivity index is 2.09. The molecule has 0 heterocycles. The van der Waals surface area contributed by atoms with Gasteiger partial charge >= 0.3 is 0 Å². The van der Waals surface area contributed by atoms with Crippen LogP contribution in [0.5, 0.6) is 17.2 Å². The molecule has 6 nitrogen and oxygen atoms in total. The van der Waals surface area contributed by atoms with Crippen LogP contribution in [0, 0.1) is 0 Å². The van der Waals surface area contributed by atoms with Gasteiger partial charge in [-0.25, -0.2) is 0 Å². The van der Waals surface area contributed by atoms with Gasteiger partial charge in [0.05, 0.1) is 24.9 Å². The molecular weight excluding hydrogens is 406 g/mol. The molecule has 0 aliphatic rings. The largest absolute Gasteiger partial charge is 0.504 e. The molecule has 0 radical (unpaired) electrons. The van der Waals surface area contributed by atoms with Crippen molar-refractivity contribution in [3.63, 3.8) is 0 Å². The average molecular weight is 424 g/mol. The van der Waals surface area contributed by atoms with E-state index >= 15 is 0 Å². The second-order valence-corrected chi connectivity index (χ2v) is 6.67. The highest BCUT2D eigenvalue weighted by atomic mass is 79.9. The Bertz CT molecular complexity index is 782. The number of phenols is 1. The van der Waals surface area contributed by atoms with Crippen LogP contribution in [0.25, 0.3) is 0 Å². The van der Waals surface area contributed by atoms with Crippen molar-refractivity contribution >= 4 is 39.1 Å². The van der Waals surface area contributed by atoms with Crippen molar-refractivity contribution < 1.29 is 14.6 Å². The van der Waals surface area contributed by atoms with Crippen LogP contribution in [0.1, 0.15) is 11.1 Å². The highest BCUT2D eigenvalue weighted by Gasteiger charge is 2.17. The lowest BCUT2D eigenvalue weighted by atomic mass is 10.2. The van der Waals surface area contributed by atoms with Gasteiger partial charge in [0.15, 0.2) is 16.7 Å². The summed E-state index contributed by atoms with van der Waals surface area (Å²) in [6.45, 7) is 0. The zero-order valence-electron chi connectivity index (χ0n) is 13.8. The van der Waals surface area contributed by atoms with Gasteiger partial charge in [-0.3, -0.25) is 0 Å². The van der Waals surface area contributed by atoms with Crippen molar-refractivity contribution in [3.05, 3.63) is 52.0 Å². The Hall–Kier alpha value is -2.19. The fourth-order valence-electron chi connectivity index (χ4n) is 2.00. The Kier molecular flexibility index (Phi) is 7.15. The topological polar surface area (TPSA) is 89.4 Å². The molecule has 25 heavy (non-hydrogen) atoms. The average Bonchev–Trinajstić information content (AvgIpc) is 2.63. The number of benzene rings is 2. The van der Waals surface area contributed by atoms with Gasteiger partial charge in [-0.05, 0) is 27.6 Å². The number of rotatable bonds is 6. The van der Waals surface area contributed by atoms with Gasteiger partial charge in [-0.2, -0.15) is 5.10 Å². The number of aromatic hydroxyl groups is 1. The standard InChI is InChI=1S/C17H18BrN3O3S/c1-23-15-13(18)8-12(14(22)16(15)24-2)9-20-21-17(19)25-10-11-6-4-3-5-7-11/h3-9,22H,10H2,1-2H3,(H2,19,21). The molecule has 0 saturated carbocycles. The van der Waals surface area contributed by atoms with Gasteiger partial charge in [0.25, 0.3) is 0 Å². The molecule has 2 aromatic carbocycles. The maximum atomic E-state index is 10.2. The van der Waals surface area contributed by atoms with E-state index in [9.17, 15) is 5.11 Å². The fraction of sp³-hybridized carbons (Fsp3) is 0.176. The number of ether oxygens (including phenoxy) is 2. The Labute approximate surface area is 158 Å². The molecule has 0 saturated heterocycles. The first kappa shape index (κ1) is 19.1. The monoisotopic (exact) mass is 423 g/mol. The molecule has 0 atom stereocenters. The van der Waals surface area contributed by atoms with Crippen molar-refractivity contribution in [3.8, 4) is 17.2 Å². The van der Waals surface area contributed by atoms with E-state index < -0.39 is 0 Å². The smallest absolute Gasteiger partial charge is 0.204 e. The van der Waals surface area contributed by atoms with E-state index in [1.807, 2.05) is 30.3 Å². The quantitative estimate of drug-likeness (QED) is 0.419. The van der Waals surface area contributed by atoms with E-state index in [1.165, 1.54) is 32.2 Å². The molecular formula is C17H18BrN3O3S. The van der Waals surface area contributed by atoms with Crippen LogP contribution in [-0.2, 0) is 5.75 Å². The molecule has 0 aliphatic heterocycles. The molecule has 132 valence electrons. The lowest BCUT2D eigenvalue weighted by Crippen LogP contribution is -2.06. The van der Waals surface area contributed by atoms with Crippen molar-refractivity contribution in [1.82, 2.24) is 0 Å². The van der Waals surface area contributed by atoms with E-state index in [1.54, 1.807) is 6.07 Å². The number of halogens is 1. The summed E-state index contributed by atoms with van der Waals surface area (Å²) in [4.78, 5) is 0. The number of nitrogens with zero attached hydrogens (tertiary/aromatic N) is 2. The summed E-state index contributed by atoms with van der Waals surface area (Å²) in [6.07, 6.45) is 1.40. The third-order valence-electron chi connectivity index (χ3n) is 3.18. The van der Waals surface area contributed by atoms with Gasteiger partial charge in [0.2, 0.25) is 5.75 Å². The molecule has 3 N–H and O–H groups in total. The summed E-state index contributed by atoms with van der Waals surface area (Å²) < 4.78 is 11.0. The van der Waals surface area contributed by atoms with Crippen molar-refractivity contribution in [2.75, 3.05) is 14.2 Å². The highest BCUT2D eigenvalue weighted by molar-refractivity contribution is 9.10. The second kappa shape index (κ2) is 9.33. The zero-order chi connectivity index (χ0) is 18.2. The highest BCUT2D eigenvalue weighted by Crippen LogP contribution is 2.43. The summed E-state index contributed by atoms with van der Waals surface area (Å²) in [5.74, 6) is 1.24. The van der Waals surface area contributed by atoms with Gasteiger partial charge in [-0.1, -0.05) is 42.1 Å². The number of nitrogens with two attached hydrogens (primary N) is 1. The first-order valence-electron chi connectivity index (χ1n) is 7.23. The van der Waals surface area contributed by atoms with Gasteiger partial charge in [0, 0.05) is 11.3 Å². The Morgan fingerprint density at radius 2 is 1.92 bits per heavy atom. The molecule has 0 bridgehead atoms. The molecule has 2 aromatic rings. The van der Waals surface area contributed by atoms with Crippen LogP contribution in [0.3, 0.4) is 0 Å². The minimum atomic E-state index is -0.0861. The number of hydrogen-bond donors (Lipinski definition) is 2. The molecule has 0 fully saturated rings. The van der Waals surface area contributed by atoms with Crippen LogP contribution in [0.4, 0.5) is 0 Å². The maximum Gasteiger partial charge on any atom is 0.204 e. The summed E-state index contributed by atoms with van der Waals surface area (Å²) in [6, 6.07) is 11.6. The first-order chi connectivity index (χ1) is 12.1. The molecule has 0 aromatic heterocycles. The lowest BCUT2D eigenvalue weighted by Gasteiger charge is -2.12. The molecule has 0 spiro atoms. The number of amidine groups is 1. The van der Waals surface area contributed by atoms with Crippen LogP contribution in [0.15, 0.2) is 51.1 Å². The minimum Gasteiger partial charge on any atom is -0.504 e. The van der Waals surface area contributed by atoms with Crippen molar-refractivity contribution in [2.24, 2.45) is 15.9 Å². The SMILES string of the molecule is COc1c(Br)cc(C=NN=C(N)SCc2ccccc2)c(O)c1OC. The normalized spacial score (nSPS) is 11.7. The molecule has 0 unspecified atom stereocenters. The summed E-state index contributed by atoms with van der Waals surface area (Å²) in [5, 5.41) is 18.4. The number of thioether (sulfide) groups is 1. The summed E-state index contributed by atoms with van der Waals surface area (Å²) >= 11 is 4.75. The van der Waals surface area contributed by atoms with Crippen molar-refractivity contribution in [2.45, 2.75) is 5.75 Å². The van der Waals surface area contributed by atoms with Crippen LogP contribution < -0.4 is 15.2 Å². The fourth-order valence-corrected chi connectivity index (χ4v) is 3.20. The predicted octanol–water partition coefficient (Wildman–Crippen LogP) is 3.75. The number of phenolic OH excluding ortho intramolecular Hbond substituents is 1. The van der Waals surface area contributed by atoms with Gasteiger partial charge in [0.1, 0.15) is 0 Å². The minimum absolute atomic E-state index is 0.0861. The molecule has 8 heteroatoms. The van der Waals surface area contributed by atoms with Gasteiger partial charge in [-0.15, -0.1) is 5.10 Å².